The van der Waals surface area contributed by atoms with Crippen molar-refractivity contribution in [2.75, 3.05) is 5.32 Å². The van der Waals surface area contributed by atoms with Gasteiger partial charge in [-0.3, -0.25) is 4.79 Å². The molecular weight excluding hydrogens is 276 g/mol. The van der Waals surface area contributed by atoms with Crippen molar-refractivity contribution >= 4 is 21.6 Å². The third-order valence-corrected chi connectivity index (χ3v) is 5.13. The zero-order chi connectivity index (χ0) is 15.3. The summed E-state index contributed by atoms with van der Waals surface area (Å²) in [4.78, 5) is 12.2. The molecule has 20 heavy (non-hydrogen) atoms. The van der Waals surface area contributed by atoms with E-state index in [1.54, 1.807) is 46.8 Å². The van der Waals surface area contributed by atoms with Gasteiger partial charge in [-0.15, -0.1) is 0 Å². The molecule has 2 N–H and O–H groups in total. The van der Waals surface area contributed by atoms with Gasteiger partial charge in [0.2, 0.25) is 15.9 Å². The van der Waals surface area contributed by atoms with Crippen LogP contribution in [0.5, 0.6) is 0 Å². The molecule has 110 valence electrons. The number of carbonyl (C=O) groups is 1. The Labute approximate surface area is 119 Å². The normalized spacial score (nSPS) is 17.2. The number of sulfonamides is 1. The Balaban J connectivity index is 2.60. The molecule has 0 bridgehead atoms. The molecule has 0 fully saturated rings. The SMILES string of the molecule is Cc1cc(S(=O)(=O)NC(C)C)cc2c1NC(=O)C2(C)C. The number of benzene rings is 1. The third kappa shape index (κ3) is 2.33. The molecule has 2 rings (SSSR count). The predicted molar refractivity (Wildman–Crippen MR) is 78.3 cm³/mol. The van der Waals surface area contributed by atoms with E-state index in [1.165, 1.54) is 0 Å². The Morgan fingerprint density at radius 1 is 1.25 bits per heavy atom. The molecule has 0 unspecified atom stereocenters. The molecule has 1 aliphatic heterocycles. The zero-order valence-electron chi connectivity index (χ0n) is 12.4. The fraction of sp³-hybridized carbons (Fsp3) is 0.500. The van der Waals surface area contributed by atoms with Crippen LogP contribution in [0.25, 0.3) is 0 Å². The van der Waals surface area contributed by atoms with Crippen LogP contribution in [0.4, 0.5) is 5.69 Å². The lowest BCUT2D eigenvalue weighted by molar-refractivity contribution is -0.119. The Morgan fingerprint density at radius 3 is 2.40 bits per heavy atom. The molecular formula is C14H20N2O3S. The number of fused-ring (bicyclic) bond motifs is 1. The quantitative estimate of drug-likeness (QED) is 0.894. The van der Waals surface area contributed by atoms with Gasteiger partial charge < -0.3 is 5.32 Å². The van der Waals surface area contributed by atoms with E-state index in [0.29, 0.717) is 0 Å². The summed E-state index contributed by atoms with van der Waals surface area (Å²) >= 11 is 0. The number of hydrogen-bond donors (Lipinski definition) is 2. The van der Waals surface area contributed by atoms with Crippen LogP contribution in [-0.4, -0.2) is 20.4 Å². The van der Waals surface area contributed by atoms with Crippen LogP contribution in [0, 0.1) is 6.92 Å². The minimum absolute atomic E-state index is 0.109. The molecule has 0 aliphatic carbocycles. The van der Waals surface area contributed by atoms with Crippen molar-refractivity contribution in [1.29, 1.82) is 0 Å². The van der Waals surface area contributed by atoms with Crippen molar-refractivity contribution < 1.29 is 13.2 Å². The highest BCUT2D eigenvalue weighted by Gasteiger charge is 2.40. The Kier molecular flexibility index (Phi) is 3.42. The number of nitrogens with one attached hydrogen (secondary N) is 2. The molecule has 0 spiro atoms. The molecule has 0 radical (unpaired) electrons. The highest BCUT2D eigenvalue weighted by Crippen LogP contribution is 2.40. The van der Waals surface area contributed by atoms with Crippen molar-refractivity contribution in [3.05, 3.63) is 23.3 Å². The molecule has 6 heteroatoms. The van der Waals surface area contributed by atoms with E-state index in [1.807, 2.05) is 0 Å². The van der Waals surface area contributed by atoms with E-state index in [9.17, 15) is 13.2 Å². The average molecular weight is 296 g/mol. The molecule has 1 heterocycles. The van der Waals surface area contributed by atoms with Gasteiger partial charge in [0.1, 0.15) is 0 Å². The Hall–Kier alpha value is -1.40. The topological polar surface area (TPSA) is 75.3 Å². The lowest BCUT2D eigenvalue weighted by atomic mass is 9.85. The van der Waals surface area contributed by atoms with Gasteiger partial charge in [-0.05, 0) is 57.9 Å². The largest absolute Gasteiger partial charge is 0.325 e. The van der Waals surface area contributed by atoms with Crippen molar-refractivity contribution in [2.45, 2.75) is 51.0 Å². The predicted octanol–water partition coefficient (Wildman–Crippen LogP) is 1.91. The van der Waals surface area contributed by atoms with E-state index in [0.717, 1.165) is 16.8 Å². The number of aryl methyl sites for hydroxylation is 1. The minimum Gasteiger partial charge on any atom is -0.325 e. The average Bonchev–Trinajstić information content (AvgIpc) is 2.50. The second kappa shape index (κ2) is 4.56. The van der Waals surface area contributed by atoms with Crippen LogP contribution >= 0.6 is 0 Å². The van der Waals surface area contributed by atoms with Gasteiger partial charge >= 0.3 is 0 Å². The smallest absolute Gasteiger partial charge is 0.240 e. The second-order valence-corrected chi connectivity index (χ2v) is 7.73. The van der Waals surface area contributed by atoms with Crippen LogP contribution in [0.1, 0.15) is 38.8 Å². The van der Waals surface area contributed by atoms with Crippen LogP contribution in [0.15, 0.2) is 17.0 Å². The van der Waals surface area contributed by atoms with Gasteiger partial charge in [-0.2, -0.15) is 0 Å². The van der Waals surface area contributed by atoms with Crippen LogP contribution < -0.4 is 10.0 Å². The molecule has 5 nitrogen and oxygen atoms in total. The monoisotopic (exact) mass is 296 g/mol. The van der Waals surface area contributed by atoms with E-state index >= 15 is 0 Å². The van der Waals surface area contributed by atoms with E-state index < -0.39 is 15.4 Å². The van der Waals surface area contributed by atoms with Crippen molar-refractivity contribution in [2.24, 2.45) is 0 Å². The summed E-state index contributed by atoms with van der Waals surface area (Å²) in [5, 5.41) is 2.82. The summed E-state index contributed by atoms with van der Waals surface area (Å²) in [6.45, 7) is 8.92. The molecule has 0 atom stereocenters. The molecule has 1 amide bonds. The van der Waals surface area contributed by atoms with Gasteiger partial charge in [-0.25, -0.2) is 13.1 Å². The minimum atomic E-state index is -3.56. The van der Waals surface area contributed by atoms with Crippen molar-refractivity contribution in [1.82, 2.24) is 4.72 Å². The van der Waals surface area contributed by atoms with Gasteiger partial charge in [0.15, 0.2) is 0 Å². The van der Waals surface area contributed by atoms with E-state index in [2.05, 4.69) is 10.0 Å². The summed E-state index contributed by atoms with van der Waals surface area (Å²) in [7, 11) is -3.56. The standard InChI is InChI=1S/C14H20N2O3S/c1-8(2)16-20(18,19)10-6-9(3)12-11(7-10)14(4,5)13(17)15-12/h6-8,16H,1-5H3,(H,15,17). The molecule has 1 aromatic rings. The first kappa shape index (κ1) is 15.0. The first-order valence-corrected chi connectivity index (χ1v) is 8.03. The molecule has 0 aromatic heterocycles. The van der Waals surface area contributed by atoms with Crippen LogP contribution in [-0.2, 0) is 20.2 Å². The van der Waals surface area contributed by atoms with Gasteiger partial charge in [0, 0.05) is 11.7 Å². The Morgan fingerprint density at radius 2 is 1.85 bits per heavy atom. The van der Waals surface area contributed by atoms with Gasteiger partial charge in [0.05, 0.1) is 10.3 Å². The summed E-state index contributed by atoms with van der Waals surface area (Å²) < 4.78 is 27.1. The highest BCUT2D eigenvalue weighted by molar-refractivity contribution is 7.89. The fourth-order valence-corrected chi connectivity index (χ4v) is 3.70. The summed E-state index contributed by atoms with van der Waals surface area (Å²) in [5.41, 5.74) is 1.49. The van der Waals surface area contributed by atoms with Crippen molar-refractivity contribution in [3.8, 4) is 0 Å². The number of amides is 1. The molecule has 0 saturated heterocycles. The molecule has 1 aromatic carbocycles. The third-order valence-electron chi connectivity index (χ3n) is 3.49. The number of carbonyl (C=O) groups excluding carboxylic acids is 1. The maximum Gasteiger partial charge on any atom is 0.240 e. The maximum absolute atomic E-state index is 12.3. The number of anilines is 1. The fourth-order valence-electron chi connectivity index (χ4n) is 2.34. The van der Waals surface area contributed by atoms with E-state index in [-0.39, 0.29) is 16.8 Å². The first-order valence-electron chi connectivity index (χ1n) is 6.54. The number of rotatable bonds is 3. The summed E-state index contributed by atoms with van der Waals surface area (Å²) in [6.07, 6.45) is 0. The lowest BCUT2D eigenvalue weighted by Gasteiger charge is -2.17. The van der Waals surface area contributed by atoms with Gasteiger partial charge in [-0.1, -0.05) is 0 Å². The van der Waals surface area contributed by atoms with Crippen LogP contribution in [0.2, 0.25) is 0 Å². The first-order chi connectivity index (χ1) is 9.05. The van der Waals surface area contributed by atoms with E-state index in [4.69, 9.17) is 0 Å². The summed E-state index contributed by atoms with van der Waals surface area (Å²) in [6, 6.07) is 3.00. The summed E-state index contributed by atoms with van der Waals surface area (Å²) in [5.74, 6) is -0.109. The molecule has 1 aliphatic rings. The van der Waals surface area contributed by atoms with Crippen molar-refractivity contribution in [3.63, 3.8) is 0 Å². The van der Waals surface area contributed by atoms with Gasteiger partial charge in [0.25, 0.3) is 0 Å². The zero-order valence-corrected chi connectivity index (χ0v) is 13.2. The second-order valence-electron chi connectivity index (χ2n) is 6.02. The Bertz CT molecular complexity index is 676. The number of hydrogen-bond acceptors (Lipinski definition) is 3. The highest BCUT2D eigenvalue weighted by atomic mass is 32.2. The lowest BCUT2D eigenvalue weighted by Crippen LogP contribution is -2.31. The maximum atomic E-state index is 12.3. The van der Waals surface area contributed by atoms with Crippen LogP contribution in [0.3, 0.4) is 0 Å². The molecule has 0 saturated carbocycles.